The highest BCUT2D eigenvalue weighted by Crippen LogP contribution is 2.44. The van der Waals surface area contributed by atoms with Crippen molar-refractivity contribution in [2.75, 3.05) is 31.0 Å². The van der Waals surface area contributed by atoms with E-state index in [9.17, 15) is 4.79 Å². The van der Waals surface area contributed by atoms with Crippen LogP contribution in [0.2, 0.25) is 0 Å². The first-order valence-electron chi connectivity index (χ1n) is 8.65. The van der Waals surface area contributed by atoms with Crippen molar-refractivity contribution in [2.24, 2.45) is 0 Å². The molecular formula is C20H22N2O3. The van der Waals surface area contributed by atoms with E-state index in [2.05, 4.69) is 22.3 Å². The van der Waals surface area contributed by atoms with E-state index in [1.807, 2.05) is 18.2 Å². The van der Waals surface area contributed by atoms with Crippen LogP contribution in [-0.4, -0.2) is 26.7 Å². The van der Waals surface area contributed by atoms with Gasteiger partial charge in [0, 0.05) is 24.7 Å². The minimum absolute atomic E-state index is 0.0449. The summed E-state index contributed by atoms with van der Waals surface area (Å²) in [7, 11) is 3.36. The predicted octanol–water partition coefficient (Wildman–Crippen LogP) is 3.67. The smallest absolute Gasteiger partial charge is 0.224 e. The number of fused-ring (bicyclic) bond motifs is 2. The van der Waals surface area contributed by atoms with E-state index in [0.717, 1.165) is 54.2 Å². The van der Waals surface area contributed by atoms with Crippen molar-refractivity contribution in [3.63, 3.8) is 0 Å². The van der Waals surface area contributed by atoms with E-state index < -0.39 is 0 Å². The third-order valence-electron chi connectivity index (χ3n) is 4.99. The molecule has 5 heteroatoms. The summed E-state index contributed by atoms with van der Waals surface area (Å²) in [6.07, 6.45) is 3.40. The summed E-state index contributed by atoms with van der Waals surface area (Å²) < 4.78 is 11.2. The van der Waals surface area contributed by atoms with E-state index in [1.54, 1.807) is 14.2 Å². The number of nitrogens with zero attached hydrogens (tertiary/aromatic N) is 1. The fraction of sp³-hybridized carbons (Fsp3) is 0.350. The lowest BCUT2D eigenvalue weighted by Crippen LogP contribution is -2.26. The molecule has 0 spiro atoms. The van der Waals surface area contributed by atoms with Crippen LogP contribution in [-0.2, 0) is 17.6 Å². The molecule has 2 aliphatic rings. The molecule has 0 atom stereocenters. The lowest BCUT2D eigenvalue weighted by Gasteiger charge is -2.34. The Morgan fingerprint density at radius 1 is 1.00 bits per heavy atom. The topological polar surface area (TPSA) is 50.8 Å². The van der Waals surface area contributed by atoms with Crippen LogP contribution in [0.25, 0.3) is 0 Å². The Bertz CT molecular complexity index is 800. The van der Waals surface area contributed by atoms with E-state index >= 15 is 0 Å². The van der Waals surface area contributed by atoms with Gasteiger partial charge in [0.2, 0.25) is 5.91 Å². The minimum Gasteiger partial charge on any atom is -0.495 e. The molecule has 1 amide bonds. The standard InChI is InChI=1S/C20H22N2O3/c1-24-16-7-3-5-13-6-4-10-22(20(13)16)15-11-14-8-9-18(23)21-19(14)17(12-15)25-2/h3,5,7,11-12H,4,6,8-10H2,1-2H3,(H,21,23). The molecule has 1 N–H and O–H groups in total. The lowest BCUT2D eigenvalue weighted by atomic mass is 9.97. The normalized spacial score (nSPS) is 15.9. The Labute approximate surface area is 147 Å². The van der Waals surface area contributed by atoms with Crippen molar-refractivity contribution in [1.29, 1.82) is 0 Å². The third kappa shape index (κ3) is 2.69. The number of benzene rings is 2. The molecule has 0 fully saturated rings. The number of amides is 1. The number of methoxy groups -OCH3 is 2. The summed E-state index contributed by atoms with van der Waals surface area (Å²) in [6.45, 7) is 0.932. The van der Waals surface area contributed by atoms with E-state index in [-0.39, 0.29) is 5.91 Å². The van der Waals surface area contributed by atoms with Crippen LogP contribution < -0.4 is 19.7 Å². The summed E-state index contributed by atoms with van der Waals surface area (Å²) in [5, 5.41) is 2.94. The molecule has 0 saturated heterocycles. The maximum absolute atomic E-state index is 11.7. The first kappa shape index (κ1) is 15.8. The number of aryl methyl sites for hydroxylation is 2. The van der Waals surface area contributed by atoms with Gasteiger partial charge in [-0.25, -0.2) is 0 Å². The molecule has 2 aromatic carbocycles. The second kappa shape index (κ2) is 6.31. The molecule has 0 aliphatic carbocycles. The largest absolute Gasteiger partial charge is 0.495 e. The first-order chi connectivity index (χ1) is 12.2. The molecule has 0 radical (unpaired) electrons. The Morgan fingerprint density at radius 2 is 1.84 bits per heavy atom. The predicted molar refractivity (Wildman–Crippen MR) is 98.3 cm³/mol. The number of carbonyl (C=O) groups excluding carboxylic acids is 1. The monoisotopic (exact) mass is 338 g/mol. The van der Waals surface area contributed by atoms with Gasteiger partial charge in [0.05, 0.1) is 25.6 Å². The van der Waals surface area contributed by atoms with Crippen LogP contribution in [0, 0.1) is 0 Å². The number of hydrogen-bond acceptors (Lipinski definition) is 4. The second-order valence-electron chi connectivity index (χ2n) is 6.45. The van der Waals surface area contributed by atoms with E-state index in [1.165, 1.54) is 5.56 Å². The van der Waals surface area contributed by atoms with E-state index in [0.29, 0.717) is 12.2 Å². The maximum atomic E-state index is 11.7. The molecule has 2 aromatic rings. The van der Waals surface area contributed by atoms with Crippen molar-refractivity contribution >= 4 is 23.0 Å². The third-order valence-corrected chi connectivity index (χ3v) is 4.99. The minimum atomic E-state index is 0.0449. The number of rotatable bonds is 3. The van der Waals surface area contributed by atoms with Gasteiger partial charge in [0.25, 0.3) is 0 Å². The van der Waals surface area contributed by atoms with Gasteiger partial charge >= 0.3 is 0 Å². The van der Waals surface area contributed by atoms with Gasteiger partial charge in [0.1, 0.15) is 11.5 Å². The molecule has 25 heavy (non-hydrogen) atoms. The fourth-order valence-corrected chi connectivity index (χ4v) is 3.80. The fourth-order valence-electron chi connectivity index (χ4n) is 3.80. The van der Waals surface area contributed by atoms with Crippen LogP contribution in [0.15, 0.2) is 30.3 Å². The summed E-state index contributed by atoms with van der Waals surface area (Å²) in [5.74, 6) is 1.65. The molecular weight excluding hydrogens is 316 g/mol. The maximum Gasteiger partial charge on any atom is 0.224 e. The quantitative estimate of drug-likeness (QED) is 0.928. The zero-order valence-electron chi connectivity index (χ0n) is 14.6. The lowest BCUT2D eigenvalue weighted by molar-refractivity contribution is -0.116. The molecule has 2 aliphatic heterocycles. The van der Waals surface area contributed by atoms with Gasteiger partial charge in [-0.05, 0) is 42.5 Å². The molecule has 5 nitrogen and oxygen atoms in total. The molecule has 0 saturated carbocycles. The average Bonchev–Trinajstić information content (AvgIpc) is 2.66. The van der Waals surface area contributed by atoms with Crippen molar-refractivity contribution in [2.45, 2.75) is 25.7 Å². The van der Waals surface area contributed by atoms with Crippen molar-refractivity contribution < 1.29 is 14.3 Å². The van der Waals surface area contributed by atoms with Gasteiger partial charge in [-0.2, -0.15) is 0 Å². The molecule has 4 rings (SSSR count). The van der Waals surface area contributed by atoms with Crippen molar-refractivity contribution in [3.8, 4) is 11.5 Å². The number of hydrogen-bond donors (Lipinski definition) is 1. The molecule has 2 heterocycles. The number of ether oxygens (including phenoxy) is 2. The summed E-state index contributed by atoms with van der Waals surface area (Å²) in [4.78, 5) is 14.0. The van der Waals surface area contributed by atoms with Crippen molar-refractivity contribution in [3.05, 3.63) is 41.5 Å². The zero-order valence-corrected chi connectivity index (χ0v) is 14.6. The Hall–Kier alpha value is -2.69. The van der Waals surface area contributed by atoms with Gasteiger partial charge in [-0.15, -0.1) is 0 Å². The number of nitrogens with one attached hydrogen (secondary N) is 1. The number of para-hydroxylation sites is 1. The molecule has 130 valence electrons. The highest BCUT2D eigenvalue weighted by molar-refractivity contribution is 5.96. The Kier molecular flexibility index (Phi) is 3.99. The van der Waals surface area contributed by atoms with Crippen LogP contribution in [0.4, 0.5) is 17.1 Å². The van der Waals surface area contributed by atoms with Gasteiger partial charge < -0.3 is 19.7 Å². The average molecular weight is 338 g/mol. The summed E-state index contributed by atoms with van der Waals surface area (Å²) in [6, 6.07) is 10.4. The van der Waals surface area contributed by atoms with Gasteiger partial charge in [-0.1, -0.05) is 12.1 Å². The van der Waals surface area contributed by atoms with Crippen LogP contribution in [0.1, 0.15) is 24.0 Å². The van der Waals surface area contributed by atoms with E-state index in [4.69, 9.17) is 9.47 Å². The highest BCUT2D eigenvalue weighted by Gasteiger charge is 2.26. The van der Waals surface area contributed by atoms with Crippen LogP contribution in [0.5, 0.6) is 11.5 Å². The SMILES string of the molecule is COc1cc(N2CCCc3cccc(OC)c32)cc2c1NC(=O)CC2. The van der Waals surface area contributed by atoms with Crippen molar-refractivity contribution in [1.82, 2.24) is 0 Å². The van der Waals surface area contributed by atoms with Gasteiger partial charge in [-0.3, -0.25) is 4.79 Å². The van der Waals surface area contributed by atoms with Gasteiger partial charge in [0.15, 0.2) is 0 Å². The number of carbonyl (C=O) groups is 1. The molecule has 0 bridgehead atoms. The Morgan fingerprint density at radius 3 is 2.64 bits per heavy atom. The van der Waals surface area contributed by atoms with Crippen LogP contribution >= 0.6 is 0 Å². The number of anilines is 3. The first-order valence-corrected chi connectivity index (χ1v) is 8.65. The van der Waals surface area contributed by atoms with Crippen LogP contribution in [0.3, 0.4) is 0 Å². The second-order valence-corrected chi connectivity index (χ2v) is 6.45. The molecule has 0 unspecified atom stereocenters. The summed E-state index contributed by atoms with van der Waals surface area (Å²) >= 11 is 0. The Balaban J connectivity index is 1.83. The summed E-state index contributed by atoms with van der Waals surface area (Å²) in [5.41, 5.74) is 5.45. The molecule has 0 aromatic heterocycles. The zero-order chi connectivity index (χ0) is 17.4. The highest BCUT2D eigenvalue weighted by atomic mass is 16.5.